The first-order chi connectivity index (χ1) is 10.3. The Morgan fingerprint density at radius 1 is 0.909 bits per heavy atom. The zero-order valence-electron chi connectivity index (χ0n) is 12.8. The van der Waals surface area contributed by atoms with Crippen LogP contribution in [0.2, 0.25) is 0 Å². The molecule has 0 aliphatic rings. The Morgan fingerprint density at radius 2 is 1.55 bits per heavy atom. The summed E-state index contributed by atoms with van der Waals surface area (Å²) >= 11 is 0. The molecular formula is C19H17O3. The second-order valence-corrected chi connectivity index (χ2v) is 6.36. The number of rotatable bonds is 1. The standard InChI is InChI=1S/C19H17O3/c1-19(2,3)22-18(21)15-9-8-14-10-12-6-4-5-7-13(12)11-16(14)17(15)20/h4-11H,1-3H3. The maximum Gasteiger partial charge on any atom is 0.342 e. The van der Waals surface area contributed by atoms with Gasteiger partial charge in [-0.1, -0.05) is 30.3 Å². The summed E-state index contributed by atoms with van der Waals surface area (Å²) in [7, 11) is 0. The molecule has 0 saturated heterocycles. The number of ether oxygens (including phenoxy) is 1. The minimum atomic E-state index is -0.623. The monoisotopic (exact) mass is 293 g/mol. The summed E-state index contributed by atoms with van der Waals surface area (Å²) < 4.78 is 5.30. The molecule has 0 fully saturated rings. The first-order valence-corrected chi connectivity index (χ1v) is 7.21. The van der Waals surface area contributed by atoms with Gasteiger partial charge in [-0.3, -0.25) is 5.11 Å². The smallest absolute Gasteiger partial charge is 0.342 e. The third-order valence-electron chi connectivity index (χ3n) is 3.46. The first kappa shape index (κ1) is 14.4. The molecule has 0 heterocycles. The third-order valence-corrected chi connectivity index (χ3v) is 3.46. The SMILES string of the molecule is CC(C)(C)OC(=O)c1ccc2cc3ccccc3cc2c1[O]. The normalized spacial score (nSPS) is 11.8. The molecule has 0 aromatic heterocycles. The summed E-state index contributed by atoms with van der Waals surface area (Å²) in [6, 6.07) is 15.0. The molecule has 0 spiro atoms. The zero-order chi connectivity index (χ0) is 15.9. The van der Waals surface area contributed by atoms with Crippen molar-refractivity contribution >= 4 is 27.5 Å². The average Bonchev–Trinajstić information content (AvgIpc) is 2.44. The number of carbonyl (C=O) groups excluding carboxylic acids is 1. The Hall–Kier alpha value is -2.55. The molecule has 0 aliphatic heterocycles. The van der Waals surface area contributed by atoms with Crippen molar-refractivity contribution in [3.05, 3.63) is 54.1 Å². The second kappa shape index (κ2) is 5.02. The summed E-state index contributed by atoms with van der Waals surface area (Å²) in [5.41, 5.74) is -0.542. The van der Waals surface area contributed by atoms with Gasteiger partial charge in [0, 0.05) is 5.39 Å². The van der Waals surface area contributed by atoms with Gasteiger partial charge in [-0.05, 0) is 55.1 Å². The van der Waals surface area contributed by atoms with Crippen LogP contribution in [0.15, 0.2) is 48.5 Å². The van der Waals surface area contributed by atoms with Gasteiger partial charge in [0.25, 0.3) is 0 Å². The van der Waals surface area contributed by atoms with Crippen LogP contribution in [-0.2, 0) is 9.84 Å². The molecule has 0 N–H and O–H groups in total. The highest BCUT2D eigenvalue weighted by atomic mass is 16.6. The summed E-state index contributed by atoms with van der Waals surface area (Å²) in [6.45, 7) is 5.35. The van der Waals surface area contributed by atoms with E-state index in [0.717, 1.165) is 16.2 Å². The topological polar surface area (TPSA) is 46.2 Å². The Morgan fingerprint density at radius 3 is 2.18 bits per heavy atom. The van der Waals surface area contributed by atoms with E-state index in [1.54, 1.807) is 32.9 Å². The van der Waals surface area contributed by atoms with Gasteiger partial charge < -0.3 is 4.74 Å². The van der Waals surface area contributed by atoms with Gasteiger partial charge in [0.15, 0.2) is 0 Å². The number of esters is 1. The first-order valence-electron chi connectivity index (χ1n) is 7.21. The molecule has 0 bridgehead atoms. The van der Waals surface area contributed by atoms with Crippen molar-refractivity contribution in [2.75, 3.05) is 0 Å². The molecule has 3 nitrogen and oxygen atoms in total. The highest BCUT2D eigenvalue weighted by molar-refractivity contribution is 6.06. The van der Waals surface area contributed by atoms with E-state index in [-0.39, 0.29) is 11.3 Å². The lowest BCUT2D eigenvalue weighted by Gasteiger charge is -2.19. The quantitative estimate of drug-likeness (QED) is 0.463. The molecule has 3 heteroatoms. The lowest BCUT2D eigenvalue weighted by Crippen LogP contribution is -2.23. The second-order valence-electron chi connectivity index (χ2n) is 6.36. The molecule has 22 heavy (non-hydrogen) atoms. The van der Waals surface area contributed by atoms with Gasteiger partial charge >= 0.3 is 5.97 Å². The van der Waals surface area contributed by atoms with Crippen LogP contribution in [-0.4, -0.2) is 11.6 Å². The molecule has 0 amide bonds. The third kappa shape index (κ3) is 2.62. The number of carbonyl (C=O) groups is 1. The van der Waals surface area contributed by atoms with Crippen LogP contribution in [0.5, 0.6) is 5.75 Å². The van der Waals surface area contributed by atoms with Gasteiger partial charge in [-0.25, -0.2) is 4.79 Å². The van der Waals surface area contributed by atoms with Gasteiger partial charge in [0.05, 0.1) is 0 Å². The number of fused-ring (bicyclic) bond motifs is 2. The average molecular weight is 293 g/mol. The van der Waals surface area contributed by atoms with Crippen molar-refractivity contribution in [3.63, 3.8) is 0 Å². The van der Waals surface area contributed by atoms with E-state index >= 15 is 0 Å². The summed E-state index contributed by atoms with van der Waals surface area (Å²) in [4.78, 5) is 12.2. The van der Waals surface area contributed by atoms with Crippen molar-refractivity contribution in [3.8, 4) is 5.75 Å². The van der Waals surface area contributed by atoms with Crippen molar-refractivity contribution < 1.29 is 14.6 Å². The van der Waals surface area contributed by atoms with Gasteiger partial charge in [0.2, 0.25) is 5.75 Å². The Kier molecular flexibility index (Phi) is 3.28. The molecule has 0 atom stereocenters. The van der Waals surface area contributed by atoms with Gasteiger partial charge in [-0.2, -0.15) is 0 Å². The van der Waals surface area contributed by atoms with Gasteiger partial charge in [0.1, 0.15) is 11.2 Å². The number of hydrogen-bond acceptors (Lipinski definition) is 2. The highest BCUT2D eigenvalue weighted by Gasteiger charge is 2.22. The predicted octanol–water partition coefficient (Wildman–Crippen LogP) is 5.09. The lowest BCUT2D eigenvalue weighted by molar-refractivity contribution is 0.00657. The molecular weight excluding hydrogens is 276 g/mol. The molecule has 111 valence electrons. The van der Waals surface area contributed by atoms with Crippen LogP contribution < -0.4 is 0 Å². The predicted molar refractivity (Wildman–Crippen MR) is 86.8 cm³/mol. The molecule has 3 rings (SSSR count). The molecule has 1 radical (unpaired) electrons. The fourth-order valence-electron chi connectivity index (χ4n) is 2.48. The highest BCUT2D eigenvalue weighted by Crippen LogP contribution is 2.33. The van der Waals surface area contributed by atoms with Gasteiger partial charge in [-0.15, -0.1) is 0 Å². The van der Waals surface area contributed by atoms with Crippen LogP contribution in [0.3, 0.4) is 0 Å². The van der Waals surface area contributed by atoms with Crippen molar-refractivity contribution in [2.45, 2.75) is 26.4 Å². The van der Waals surface area contributed by atoms with E-state index < -0.39 is 11.6 Å². The molecule has 0 saturated carbocycles. The summed E-state index contributed by atoms with van der Waals surface area (Å²) in [6.07, 6.45) is 0. The molecule has 0 aliphatic carbocycles. The van der Waals surface area contributed by atoms with Crippen LogP contribution in [0.25, 0.3) is 21.5 Å². The van der Waals surface area contributed by atoms with E-state index in [9.17, 15) is 9.90 Å². The number of hydrogen-bond donors (Lipinski definition) is 0. The number of benzene rings is 3. The lowest BCUT2D eigenvalue weighted by atomic mass is 10.0. The summed E-state index contributed by atoms with van der Waals surface area (Å²) in [5, 5.41) is 16.0. The van der Waals surface area contributed by atoms with Crippen LogP contribution in [0.1, 0.15) is 31.1 Å². The Bertz CT molecular complexity index is 873. The van der Waals surface area contributed by atoms with Crippen molar-refractivity contribution in [1.82, 2.24) is 0 Å². The maximum atomic E-state index is 12.6. The van der Waals surface area contributed by atoms with E-state index in [1.165, 1.54) is 0 Å². The van der Waals surface area contributed by atoms with Crippen LogP contribution in [0.4, 0.5) is 0 Å². The molecule has 3 aromatic rings. The maximum absolute atomic E-state index is 12.6. The fourth-order valence-corrected chi connectivity index (χ4v) is 2.48. The minimum Gasteiger partial charge on any atom is -0.456 e. The minimum absolute atomic E-state index is 0.0812. The fraction of sp³-hybridized carbons (Fsp3) is 0.211. The van der Waals surface area contributed by atoms with Crippen molar-refractivity contribution in [1.29, 1.82) is 0 Å². The van der Waals surface area contributed by atoms with Crippen molar-refractivity contribution in [2.24, 2.45) is 0 Å². The molecule has 0 unspecified atom stereocenters. The van der Waals surface area contributed by atoms with E-state index in [4.69, 9.17) is 4.74 Å². The molecule has 3 aromatic carbocycles. The zero-order valence-corrected chi connectivity index (χ0v) is 12.8. The van der Waals surface area contributed by atoms with Crippen LogP contribution >= 0.6 is 0 Å². The Balaban J connectivity index is 2.16. The van der Waals surface area contributed by atoms with Crippen LogP contribution in [0, 0.1) is 0 Å². The Labute approximate surface area is 129 Å². The van der Waals surface area contributed by atoms with E-state index in [2.05, 4.69) is 0 Å². The summed E-state index contributed by atoms with van der Waals surface area (Å²) in [5.74, 6) is -0.856. The largest absolute Gasteiger partial charge is 0.456 e. The van der Waals surface area contributed by atoms with E-state index in [0.29, 0.717) is 5.39 Å². The van der Waals surface area contributed by atoms with E-state index in [1.807, 2.05) is 36.4 Å².